The van der Waals surface area contributed by atoms with Crippen LogP contribution in [0.15, 0.2) is 43.0 Å². The highest BCUT2D eigenvalue weighted by Gasteiger charge is 2.59. The van der Waals surface area contributed by atoms with Crippen LogP contribution in [-0.4, -0.2) is 47.4 Å². The molecule has 0 radical (unpaired) electrons. The van der Waals surface area contributed by atoms with Crippen molar-refractivity contribution in [2.24, 2.45) is 5.41 Å². The number of hydrogen-bond donors (Lipinski definition) is 1. The molecule has 6 heteroatoms. The number of carbonyl (C=O) groups is 2. The van der Waals surface area contributed by atoms with Crippen molar-refractivity contribution in [3.8, 4) is 0 Å². The van der Waals surface area contributed by atoms with Crippen molar-refractivity contribution >= 4 is 12.1 Å². The zero-order chi connectivity index (χ0) is 18.6. The Morgan fingerprint density at radius 1 is 1.36 bits per heavy atom. The molecule has 4 atom stereocenters. The number of methoxy groups -OCH3 is 1. The molecule has 0 aromatic heterocycles. The van der Waals surface area contributed by atoms with Crippen molar-refractivity contribution in [1.82, 2.24) is 4.90 Å². The third kappa shape index (κ3) is 3.54. The van der Waals surface area contributed by atoms with E-state index in [0.29, 0.717) is 6.42 Å². The van der Waals surface area contributed by atoms with Crippen LogP contribution in [0, 0.1) is 5.41 Å². The maximum Gasteiger partial charge on any atom is 0.411 e. The van der Waals surface area contributed by atoms with Crippen molar-refractivity contribution in [3.05, 3.63) is 48.6 Å². The quantitative estimate of drug-likeness (QED) is 0.654. The molecule has 25 heavy (non-hydrogen) atoms. The molecular weight excluding hydrogens is 322 g/mol. The third-order valence-electron chi connectivity index (χ3n) is 4.90. The smallest absolute Gasteiger partial charge is 0.411 e. The van der Waals surface area contributed by atoms with Crippen molar-refractivity contribution in [2.75, 3.05) is 7.11 Å². The van der Waals surface area contributed by atoms with Gasteiger partial charge in [0, 0.05) is 5.41 Å². The summed E-state index contributed by atoms with van der Waals surface area (Å²) in [5.41, 5.74) is -0.0493. The Kier molecular flexibility index (Phi) is 5.85. The number of amides is 1. The average molecular weight is 347 g/mol. The van der Waals surface area contributed by atoms with Crippen LogP contribution in [0.2, 0.25) is 0 Å². The van der Waals surface area contributed by atoms with Gasteiger partial charge >= 0.3 is 12.1 Å². The molecular formula is C19H25NO5. The minimum absolute atomic E-state index is 0.0883. The van der Waals surface area contributed by atoms with Crippen molar-refractivity contribution in [2.45, 2.75) is 45.1 Å². The molecule has 1 N–H and O–H groups in total. The van der Waals surface area contributed by atoms with E-state index in [1.165, 1.54) is 12.0 Å². The maximum absolute atomic E-state index is 12.7. The molecule has 1 aromatic rings. The van der Waals surface area contributed by atoms with Gasteiger partial charge in [-0.3, -0.25) is 4.90 Å². The van der Waals surface area contributed by atoms with Crippen molar-refractivity contribution in [3.63, 3.8) is 0 Å². The first-order valence-corrected chi connectivity index (χ1v) is 8.22. The van der Waals surface area contributed by atoms with Crippen LogP contribution in [0.4, 0.5) is 4.79 Å². The number of ether oxygens (including phenoxy) is 2. The first kappa shape index (κ1) is 19.0. The fraction of sp³-hybridized carbons (Fsp3) is 0.474. The van der Waals surface area contributed by atoms with E-state index in [0.717, 1.165) is 5.56 Å². The van der Waals surface area contributed by atoms with Crippen LogP contribution < -0.4 is 0 Å². The van der Waals surface area contributed by atoms with E-state index in [1.807, 2.05) is 30.3 Å². The molecule has 0 unspecified atom stereocenters. The van der Waals surface area contributed by atoms with Gasteiger partial charge in [-0.05, 0) is 18.9 Å². The predicted octanol–water partition coefficient (Wildman–Crippen LogP) is 2.51. The fourth-order valence-corrected chi connectivity index (χ4v) is 3.52. The fourth-order valence-electron chi connectivity index (χ4n) is 3.52. The Balaban J connectivity index is 2.24. The van der Waals surface area contributed by atoms with Crippen LogP contribution in [0.5, 0.6) is 0 Å². The van der Waals surface area contributed by atoms with Gasteiger partial charge < -0.3 is 14.6 Å². The highest BCUT2D eigenvalue weighted by molar-refractivity contribution is 5.83. The van der Waals surface area contributed by atoms with Crippen molar-refractivity contribution < 1.29 is 24.2 Å². The third-order valence-corrected chi connectivity index (χ3v) is 4.90. The minimum atomic E-state index is -0.941. The highest BCUT2D eigenvalue weighted by Crippen LogP contribution is 2.44. The average Bonchev–Trinajstić information content (AvgIpc) is 2.81. The molecule has 1 fully saturated rings. The number of aliphatic hydroxyl groups is 1. The van der Waals surface area contributed by atoms with Gasteiger partial charge in [0.15, 0.2) is 0 Å². The van der Waals surface area contributed by atoms with Crippen LogP contribution in [0.3, 0.4) is 0 Å². The SMILES string of the molecule is C=CC[C@]1(C)[C@H](O)[C@@H](C)N(C(=O)OCc2ccccc2)[C@@H]1C(=O)OC. The van der Waals surface area contributed by atoms with Gasteiger partial charge in [-0.2, -0.15) is 0 Å². The molecule has 1 amide bonds. The predicted molar refractivity (Wildman–Crippen MR) is 92.7 cm³/mol. The molecule has 6 nitrogen and oxygen atoms in total. The molecule has 1 heterocycles. The lowest BCUT2D eigenvalue weighted by atomic mass is 9.76. The summed E-state index contributed by atoms with van der Waals surface area (Å²) in [6.07, 6.45) is 0.434. The normalized spacial score (nSPS) is 28.5. The number of esters is 1. The number of hydrogen-bond acceptors (Lipinski definition) is 5. The maximum atomic E-state index is 12.7. The van der Waals surface area contributed by atoms with E-state index >= 15 is 0 Å². The van der Waals surface area contributed by atoms with Crippen LogP contribution in [-0.2, 0) is 20.9 Å². The van der Waals surface area contributed by atoms with E-state index in [2.05, 4.69) is 6.58 Å². The largest absolute Gasteiger partial charge is 0.467 e. The summed E-state index contributed by atoms with van der Waals surface area (Å²) in [5, 5.41) is 10.7. The second-order valence-corrected chi connectivity index (χ2v) is 6.56. The van der Waals surface area contributed by atoms with Gasteiger partial charge in [0.2, 0.25) is 0 Å². The lowest BCUT2D eigenvalue weighted by molar-refractivity contribution is -0.149. The molecule has 1 aliphatic heterocycles. The van der Waals surface area contributed by atoms with Crippen LogP contribution in [0.25, 0.3) is 0 Å². The Morgan fingerprint density at radius 2 is 2.00 bits per heavy atom. The van der Waals surface area contributed by atoms with Crippen molar-refractivity contribution in [1.29, 1.82) is 0 Å². The van der Waals surface area contributed by atoms with E-state index < -0.39 is 35.7 Å². The second kappa shape index (κ2) is 7.70. The molecule has 0 aliphatic carbocycles. The Hall–Kier alpha value is -2.34. The number of nitrogens with zero attached hydrogens (tertiary/aromatic N) is 1. The van der Waals surface area contributed by atoms with E-state index in [4.69, 9.17) is 9.47 Å². The number of rotatable bonds is 5. The number of likely N-dealkylation sites (tertiary alicyclic amines) is 1. The second-order valence-electron chi connectivity index (χ2n) is 6.56. The number of aliphatic hydroxyl groups excluding tert-OH is 1. The van der Waals surface area contributed by atoms with Gasteiger partial charge in [0.05, 0.1) is 19.3 Å². The summed E-state index contributed by atoms with van der Waals surface area (Å²) in [5.74, 6) is -0.579. The van der Waals surface area contributed by atoms with E-state index in [9.17, 15) is 14.7 Å². The van der Waals surface area contributed by atoms with Gasteiger partial charge in [-0.1, -0.05) is 43.3 Å². The highest BCUT2D eigenvalue weighted by atomic mass is 16.6. The summed E-state index contributed by atoms with van der Waals surface area (Å²) in [6.45, 7) is 7.23. The first-order valence-electron chi connectivity index (χ1n) is 8.22. The zero-order valence-corrected chi connectivity index (χ0v) is 14.8. The Labute approximate surface area is 148 Å². The number of benzene rings is 1. The molecule has 1 aliphatic rings. The Bertz CT molecular complexity index is 632. The van der Waals surface area contributed by atoms with Gasteiger partial charge in [0.1, 0.15) is 12.6 Å². The monoisotopic (exact) mass is 347 g/mol. The van der Waals surface area contributed by atoms with Gasteiger partial charge in [-0.15, -0.1) is 6.58 Å². The first-order chi connectivity index (χ1) is 11.9. The van der Waals surface area contributed by atoms with Crippen LogP contribution >= 0.6 is 0 Å². The molecule has 1 saturated heterocycles. The molecule has 0 saturated carbocycles. The summed E-state index contributed by atoms with van der Waals surface area (Å²) in [7, 11) is 1.26. The lowest BCUT2D eigenvalue weighted by Gasteiger charge is -2.33. The molecule has 1 aromatic carbocycles. The standard InChI is InChI=1S/C19H25NO5/c1-5-11-19(3)15(17(22)24-4)20(13(2)16(19)21)18(23)25-12-14-9-7-6-8-10-14/h5-10,13,15-16,21H,1,11-12H2,2-4H3/t13-,15-,16-,19+/m1/s1. The Morgan fingerprint density at radius 3 is 2.56 bits per heavy atom. The molecule has 0 bridgehead atoms. The molecule has 2 rings (SSSR count). The summed E-state index contributed by atoms with van der Waals surface area (Å²) >= 11 is 0. The zero-order valence-electron chi connectivity index (χ0n) is 14.8. The molecule has 136 valence electrons. The lowest BCUT2D eigenvalue weighted by Crippen LogP contribution is -2.49. The minimum Gasteiger partial charge on any atom is -0.467 e. The summed E-state index contributed by atoms with van der Waals surface area (Å²) < 4.78 is 10.3. The topological polar surface area (TPSA) is 76.1 Å². The number of allylic oxidation sites excluding steroid dienone is 1. The van der Waals surface area contributed by atoms with Gasteiger partial charge in [0.25, 0.3) is 0 Å². The number of carbonyl (C=O) groups excluding carboxylic acids is 2. The molecule has 0 spiro atoms. The van der Waals surface area contributed by atoms with E-state index in [-0.39, 0.29) is 6.61 Å². The van der Waals surface area contributed by atoms with Crippen LogP contribution in [0.1, 0.15) is 25.8 Å². The summed E-state index contributed by atoms with van der Waals surface area (Å²) in [4.78, 5) is 26.3. The van der Waals surface area contributed by atoms with Gasteiger partial charge in [-0.25, -0.2) is 9.59 Å². The van der Waals surface area contributed by atoms with E-state index in [1.54, 1.807) is 19.9 Å². The summed E-state index contributed by atoms with van der Waals surface area (Å²) in [6, 6.07) is 7.73.